The molecule has 0 unspecified atom stereocenters. The van der Waals surface area contributed by atoms with Gasteiger partial charge < -0.3 is 5.32 Å². The van der Waals surface area contributed by atoms with E-state index in [0.717, 1.165) is 0 Å². The van der Waals surface area contributed by atoms with E-state index < -0.39 is 0 Å². The predicted molar refractivity (Wildman–Crippen MR) is 65.7 cm³/mol. The Morgan fingerprint density at radius 1 is 1.00 bits per heavy atom. The van der Waals surface area contributed by atoms with E-state index in [4.69, 9.17) is 0 Å². The molecular weight excluding hydrogens is 186 g/mol. The van der Waals surface area contributed by atoms with Gasteiger partial charge in [0, 0.05) is 11.5 Å². The SMILES string of the molecule is CC(C)[C@H](C)NC(=O)C(C)(C)C(C)(C)C. The van der Waals surface area contributed by atoms with E-state index in [9.17, 15) is 4.79 Å². The van der Waals surface area contributed by atoms with Gasteiger partial charge in [0.15, 0.2) is 0 Å². The van der Waals surface area contributed by atoms with Gasteiger partial charge in [-0.25, -0.2) is 0 Å². The van der Waals surface area contributed by atoms with Crippen molar-refractivity contribution in [3.8, 4) is 0 Å². The van der Waals surface area contributed by atoms with Crippen molar-refractivity contribution in [3.05, 3.63) is 0 Å². The van der Waals surface area contributed by atoms with Crippen LogP contribution in [0.1, 0.15) is 55.4 Å². The van der Waals surface area contributed by atoms with Gasteiger partial charge in [0.25, 0.3) is 0 Å². The van der Waals surface area contributed by atoms with Crippen molar-refractivity contribution in [2.75, 3.05) is 0 Å². The normalized spacial score (nSPS) is 15.3. The zero-order chi connectivity index (χ0) is 12.4. The van der Waals surface area contributed by atoms with Gasteiger partial charge in [-0.1, -0.05) is 48.5 Å². The third-order valence-electron chi connectivity index (χ3n) is 3.80. The fourth-order valence-electron chi connectivity index (χ4n) is 0.894. The zero-order valence-electron chi connectivity index (χ0n) is 11.6. The molecule has 0 bridgehead atoms. The average molecular weight is 213 g/mol. The van der Waals surface area contributed by atoms with E-state index in [1.165, 1.54) is 0 Å². The number of hydrogen-bond acceptors (Lipinski definition) is 1. The van der Waals surface area contributed by atoms with Crippen LogP contribution < -0.4 is 5.32 Å². The summed E-state index contributed by atoms with van der Waals surface area (Å²) in [5.74, 6) is 0.626. The lowest BCUT2D eigenvalue weighted by Crippen LogP contribution is -2.49. The lowest BCUT2D eigenvalue weighted by atomic mass is 9.68. The molecule has 0 fully saturated rings. The molecule has 0 saturated heterocycles. The quantitative estimate of drug-likeness (QED) is 0.766. The highest BCUT2D eigenvalue weighted by molar-refractivity contribution is 5.82. The minimum absolute atomic E-state index is 0.0201. The van der Waals surface area contributed by atoms with Gasteiger partial charge in [0.1, 0.15) is 0 Å². The minimum Gasteiger partial charge on any atom is -0.353 e. The van der Waals surface area contributed by atoms with Gasteiger partial charge in [-0.05, 0) is 18.3 Å². The summed E-state index contributed by atoms with van der Waals surface area (Å²) in [5, 5.41) is 3.09. The lowest BCUT2D eigenvalue weighted by molar-refractivity contribution is -0.135. The van der Waals surface area contributed by atoms with E-state index >= 15 is 0 Å². The van der Waals surface area contributed by atoms with E-state index in [-0.39, 0.29) is 22.8 Å². The smallest absolute Gasteiger partial charge is 0.226 e. The molecule has 90 valence electrons. The summed E-state index contributed by atoms with van der Waals surface area (Å²) in [5.41, 5.74) is -0.357. The fraction of sp³-hybridized carbons (Fsp3) is 0.923. The standard InChI is InChI=1S/C13H27NO/c1-9(2)10(3)14-11(15)13(7,8)12(4,5)6/h9-10H,1-8H3,(H,14,15)/t10-/m0/s1. The predicted octanol–water partition coefficient (Wildman–Crippen LogP) is 3.22. The molecule has 0 heterocycles. The minimum atomic E-state index is -0.337. The third kappa shape index (κ3) is 3.51. The molecule has 0 aromatic carbocycles. The molecule has 2 nitrogen and oxygen atoms in total. The lowest BCUT2D eigenvalue weighted by Gasteiger charge is -2.38. The molecule has 1 N–H and O–H groups in total. The Bertz CT molecular complexity index is 223. The molecule has 15 heavy (non-hydrogen) atoms. The largest absolute Gasteiger partial charge is 0.353 e. The second-order valence-corrected chi connectivity index (χ2v) is 6.38. The first-order valence-electron chi connectivity index (χ1n) is 5.81. The molecule has 1 amide bonds. The van der Waals surface area contributed by atoms with E-state index in [1.54, 1.807) is 0 Å². The molecule has 0 aromatic rings. The second kappa shape index (κ2) is 4.54. The Morgan fingerprint density at radius 2 is 1.40 bits per heavy atom. The first-order chi connectivity index (χ1) is 6.50. The highest BCUT2D eigenvalue weighted by atomic mass is 16.2. The summed E-state index contributed by atoms with van der Waals surface area (Å²) >= 11 is 0. The highest BCUT2D eigenvalue weighted by Crippen LogP contribution is 2.38. The summed E-state index contributed by atoms with van der Waals surface area (Å²) in [4.78, 5) is 12.1. The Labute approximate surface area is 94.8 Å². The molecule has 0 aliphatic rings. The van der Waals surface area contributed by atoms with Crippen LogP contribution in [0.3, 0.4) is 0 Å². The Balaban J connectivity index is 4.59. The fourth-order valence-corrected chi connectivity index (χ4v) is 0.894. The van der Waals surface area contributed by atoms with Crippen molar-refractivity contribution in [1.82, 2.24) is 5.32 Å². The van der Waals surface area contributed by atoms with Crippen LogP contribution in [0.2, 0.25) is 0 Å². The van der Waals surface area contributed by atoms with Crippen molar-refractivity contribution in [2.24, 2.45) is 16.7 Å². The van der Waals surface area contributed by atoms with E-state index in [1.807, 2.05) is 13.8 Å². The van der Waals surface area contributed by atoms with Crippen LogP contribution in [0, 0.1) is 16.7 Å². The van der Waals surface area contributed by atoms with Crippen LogP contribution in [0.4, 0.5) is 0 Å². The first kappa shape index (κ1) is 14.5. The van der Waals surface area contributed by atoms with Crippen LogP contribution in [0.5, 0.6) is 0 Å². The highest BCUT2D eigenvalue weighted by Gasteiger charge is 2.40. The number of nitrogens with one attached hydrogen (secondary N) is 1. The first-order valence-corrected chi connectivity index (χ1v) is 5.81. The van der Waals surface area contributed by atoms with Gasteiger partial charge in [-0.3, -0.25) is 4.79 Å². The number of amides is 1. The van der Waals surface area contributed by atoms with Crippen LogP contribution in [0.25, 0.3) is 0 Å². The van der Waals surface area contributed by atoms with Gasteiger partial charge >= 0.3 is 0 Å². The molecule has 0 rings (SSSR count). The van der Waals surface area contributed by atoms with Gasteiger partial charge in [-0.15, -0.1) is 0 Å². The van der Waals surface area contributed by atoms with Crippen molar-refractivity contribution < 1.29 is 4.79 Å². The molecule has 0 saturated carbocycles. The summed E-state index contributed by atoms with van der Waals surface area (Å²) in [6.07, 6.45) is 0. The maximum absolute atomic E-state index is 12.1. The molecule has 0 radical (unpaired) electrons. The Kier molecular flexibility index (Phi) is 4.38. The number of hydrogen-bond donors (Lipinski definition) is 1. The second-order valence-electron chi connectivity index (χ2n) is 6.38. The number of carbonyl (C=O) groups excluding carboxylic acids is 1. The number of carbonyl (C=O) groups is 1. The van der Waals surface area contributed by atoms with Gasteiger partial charge in [0.2, 0.25) is 5.91 Å². The zero-order valence-corrected chi connectivity index (χ0v) is 11.6. The van der Waals surface area contributed by atoms with Crippen molar-refractivity contribution in [2.45, 2.75) is 61.4 Å². The summed E-state index contributed by atoms with van der Waals surface area (Å²) < 4.78 is 0. The van der Waals surface area contributed by atoms with Crippen LogP contribution in [0.15, 0.2) is 0 Å². The van der Waals surface area contributed by atoms with Crippen LogP contribution in [-0.4, -0.2) is 11.9 Å². The summed E-state index contributed by atoms with van der Waals surface area (Å²) in [7, 11) is 0. The van der Waals surface area contributed by atoms with Gasteiger partial charge in [0.05, 0.1) is 0 Å². The molecule has 0 aliphatic carbocycles. The third-order valence-corrected chi connectivity index (χ3v) is 3.80. The van der Waals surface area contributed by atoms with Gasteiger partial charge in [-0.2, -0.15) is 0 Å². The van der Waals surface area contributed by atoms with Crippen molar-refractivity contribution in [3.63, 3.8) is 0 Å². The van der Waals surface area contributed by atoms with E-state index in [0.29, 0.717) is 5.92 Å². The maximum Gasteiger partial charge on any atom is 0.226 e. The topological polar surface area (TPSA) is 29.1 Å². The van der Waals surface area contributed by atoms with Crippen LogP contribution in [-0.2, 0) is 4.79 Å². The average Bonchev–Trinajstić information content (AvgIpc) is 2.01. The molecular formula is C13H27NO. The van der Waals surface area contributed by atoms with Crippen LogP contribution >= 0.6 is 0 Å². The molecule has 2 heteroatoms. The molecule has 0 aliphatic heterocycles. The van der Waals surface area contributed by atoms with Crippen molar-refractivity contribution >= 4 is 5.91 Å². The summed E-state index contributed by atoms with van der Waals surface area (Å²) in [6, 6.07) is 0.235. The number of rotatable bonds is 3. The van der Waals surface area contributed by atoms with Crippen molar-refractivity contribution in [1.29, 1.82) is 0 Å². The monoisotopic (exact) mass is 213 g/mol. The van der Waals surface area contributed by atoms with E-state index in [2.05, 4.69) is 46.9 Å². The molecule has 0 spiro atoms. The maximum atomic E-state index is 12.1. The Morgan fingerprint density at radius 3 is 1.67 bits per heavy atom. The Hall–Kier alpha value is -0.530. The summed E-state index contributed by atoms with van der Waals surface area (Å²) in [6.45, 7) is 16.6. The molecule has 1 atom stereocenters. The molecule has 0 aromatic heterocycles.